The van der Waals surface area contributed by atoms with E-state index in [0.717, 1.165) is 22.3 Å². The number of piperazine rings is 1. The molecule has 1 aliphatic heterocycles. The summed E-state index contributed by atoms with van der Waals surface area (Å²) in [6.07, 6.45) is 1.02. The molecule has 6 nitrogen and oxygen atoms in total. The molecule has 1 amide bonds. The fourth-order valence-electron chi connectivity index (χ4n) is 3.53. The molecule has 29 heavy (non-hydrogen) atoms. The molecular weight excluding hydrogens is 393 g/mol. The van der Waals surface area contributed by atoms with Crippen molar-refractivity contribution in [2.75, 3.05) is 48.2 Å². The van der Waals surface area contributed by atoms with Crippen molar-refractivity contribution in [2.24, 2.45) is 0 Å². The maximum Gasteiger partial charge on any atom is 0.243 e. The van der Waals surface area contributed by atoms with Crippen molar-refractivity contribution in [3.8, 4) is 0 Å². The highest BCUT2D eigenvalue weighted by atomic mass is 32.2. The molecular formula is C21H26FN3O3S. The highest BCUT2D eigenvalue weighted by molar-refractivity contribution is 7.92. The second-order valence-electron chi connectivity index (χ2n) is 7.34. The van der Waals surface area contributed by atoms with Gasteiger partial charge in [-0.05, 0) is 49.2 Å². The molecule has 0 unspecified atom stereocenters. The minimum absolute atomic E-state index is 0.148. The van der Waals surface area contributed by atoms with E-state index in [-0.39, 0.29) is 18.1 Å². The minimum Gasteiger partial charge on any atom is -0.368 e. The number of sulfonamides is 1. The van der Waals surface area contributed by atoms with E-state index in [0.29, 0.717) is 26.2 Å². The van der Waals surface area contributed by atoms with Gasteiger partial charge in [0.25, 0.3) is 0 Å². The summed E-state index contributed by atoms with van der Waals surface area (Å²) >= 11 is 0. The van der Waals surface area contributed by atoms with Crippen molar-refractivity contribution in [3.63, 3.8) is 0 Å². The number of hydrogen-bond donors (Lipinski definition) is 0. The summed E-state index contributed by atoms with van der Waals surface area (Å²) in [5.41, 5.74) is 3.76. The number of carbonyl (C=O) groups is 1. The highest BCUT2D eigenvalue weighted by Crippen LogP contribution is 2.24. The maximum absolute atomic E-state index is 13.6. The van der Waals surface area contributed by atoms with E-state index in [1.807, 2.05) is 6.07 Å². The summed E-state index contributed by atoms with van der Waals surface area (Å²) in [5, 5.41) is 0. The summed E-state index contributed by atoms with van der Waals surface area (Å²) < 4.78 is 38.9. The lowest BCUT2D eigenvalue weighted by Crippen LogP contribution is -2.52. The average Bonchev–Trinajstić information content (AvgIpc) is 2.67. The van der Waals surface area contributed by atoms with E-state index in [9.17, 15) is 17.6 Å². The SMILES string of the molecule is Cc1cccc(N2CCN(C(=O)CN(c3cccc(F)c3)S(C)(=O)=O)CC2)c1C. The third-order valence-corrected chi connectivity index (χ3v) is 6.47. The van der Waals surface area contributed by atoms with Crippen molar-refractivity contribution in [2.45, 2.75) is 13.8 Å². The standard InChI is InChI=1S/C21H26FN3O3S/c1-16-6-4-9-20(17(16)2)23-10-12-24(13-11-23)21(26)15-25(29(3,27)28)19-8-5-7-18(22)14-19/h4-9,14H,10-13,15H2,1-3H3. The Morgan fingerprint density at radius 3 is 2.34 bits per heavy atom. The number of hydrogen-bond acceptors (Lipinski definition) is 4. The summed E-state index contributed by atoms with van der Waals surface area (Å²) in [6.45, 7) is 6.19. The second kappa shape index (κ2) is 8.41. The molecule has 3 rings (SSSR count). The lowest BCUT2D eigenvalue weighted by atomic mass is 10.1. The van der Waals surface area contributed by atoms with Gasteiger partial charge in [-0.25, -0.2) is 12.8 Å². The normalized spacial score (nSPS) is 14.8. The first-order chi connectivity index (χ1) is 13.7. The monoisotopic (exact) mass is 419 g/mol. The number of nitrogens with zero attached hydrogens (tertiary/aromatic N) is 3. The summed E-state index contributed by atoms with van der Waals surface area (Å²) in [6, 6.07) is 11.4. The lowest BCUT2D eigenvalue weighted by molar-refractivity contribution is -0.129. The number of rotatable bonds is 5. The van der Waals surface area contributed by atoms with Gasteiger partial charge in [0.2, 0.25) is 15.9 Å². The smallest absolute Gasteiger partial charge is 0.243 e. The van der Waals surface area contributed by atoms with Crippen molar-refractivity contribution in [1.82, 2.24) is 4.90 Å². The van der Waals surface area contributed by atoms with E-state index in [2.05, 4.69) is 30.9 Å². The van der Waals surface area contributed by atoms with E-state index >= 15 is 0 Å². The fourth-order valence-corrected chi connectivity index (χ4v) is 4.37. The van der Waals surface area contributed by atoms with Gasteiger partial charge in [-0.3, -0.25) is 9.10 Å². The quantitative estimate of drug-likeness (QED) is 0.747. The Bertz CT molecular complexity index is 1000. The Morgan fingerprint density at radius 1 is 1.07 bits per heavy atom. The molecule has 0 saturated carbocycles. The molecule has 2 aromatic carbocycles. The van der Waals surface area contributed by atoms with Gasteiger partial charge in [-0.15, -0.1) is 0 Å². The third kappa shape index (κ3) is 4.87. The maximum atomic E-state index is 13.6. The Hall–Kier alpha value is -2.61. The summed E-state index contributed by atoms with van der Waals surface area (Å²) in [4.78, 5) is 16.7. The van der Waals surface area contributed by atoms with Gasteiger partial charge in [0.1, 0.15) is 12.4 Å². The number of anilines is 2. The zero-order valence-corrected chi connectivity index (χ0v) is 17.7. The molecule has 0 bridgehead atoms. The summed E-state index contributed by atoms with van der Waals surface area (Å²) in [7, 11) is -3.72. The van der Waals surface area contributed by atoms with Crippen molar-refractivity contribution < 1.29 is 17.6 Å². The molecule has 1 fully saturated rings. The third-order valence-electron chi connectivity index (χ3n) is 5.32. The molecule has 156 valence electrons. The van der Waals surface area contributed by atoms with Crippen LogP contribution < -0.4 is 9.21 Å². The van der Waals surface area contributed by atoms with Crippen molar-refractivity contribution in [3.05, 3.63) is 59.4 Å². The van der Waals surface area contributed by atoms with E-state index in [1.165, 1.54) is 29.3 Å². The predicted molar refractivity (Wildman–Crippen MR) is 113 cm³/mol. The molecule has 1 saturated heterocycles. The molecule has 8 heteroatoms. The minimum atomic E-state index is -3.72. The highest BCUT2D eigenvalue weighted by Gasteiger charge is 2.27. The van der Waals surface area contributed by atoms with Crippen LogP contribution in [0.15, 0.2) is 42.5 Å². The Kier molecular flexibility index (Phi) is 6.12. The van der Waals surface area contributed by atoms with Crippen molar-refractivity contribution >= 4 is 27.3 Å². The van der Waals surface area contributed by atoms with Crippen LogP contribution in [0.1, 0.15) is 11.1 Å². The van der Waals surface area contributed by atoms with Gasteiger partial charge in [-0.2, -0.15) is 0 Å². The number of amides is 1. The van der Waals surface area contributed by atoms with Crippen LogP contribution in [0.5, 0.6) is 0 Å². The number of halogens is 1. The van der Waals surface area contributed by atoms with Gasteiger partial charge in [0.05, 0.1) is 11.9 Å². The molecule has 0 radical (unpaired) electrons. The first-order valence-electron chi connectivity index (χ1n) is 9.49. The Morgan fingerprint density at radius 2 is 1.72 bits per heavy atom. The largest absolute Gasteiger partial charge is 0.368 e. The number of aryl methyl sites for hydroxylation is 1. The van der Waals surface area contributed by atoms with Gasteiger partial charge in [0.15, 0.2) is 0 Å². The van der Waals surface area contributed by atoms with Crippen LogP contribution in [0.25, 0.3) is 0 Å². The van der Waals surface area contributed by atoms with Gasteiger partial charge in [-0.1, -0.05) is 18.2 Å². The van der Waals surface area contributed by atoms with Crippen LogP contribution in [0.2, 0.25) is 0 Å². The predicted octanol–water partition coefficient (Wildman–Crippen LogP) is 2.56. The van der Waals surface area contributed by atoms with Crippen LogP contribution in [-0.2, 0) is 14.8 Å². The van der Waals surface area contributed by atoms with Crippen LogP contribution in [0, 0.1) is 19.7 Å². The first kappa shape index (κ1) is 21.1. The second-order valence-corrected chi connectivity index (χ2v) is 9.24. The van der Waals surface area contributed by atoms with E-state index in [4.69, 9.17) is 0 Å². The van der Waals surface area contributed by atoms with E-state index < -0.39 is 15.8 Å². The van der Waals surface area contributed by atoms with E-state index in [1.54, 1.807) is 4.90 Å². The first-order valence-corrected chi connectivity index (χ1v) is 11.3. The van der Waals surface area contributed by atoms with Crippen molar-refractivity contribution in [1.29, 1.82) is 0 Å². The molecule has 2 aromatic rings. The molecule has 0 aliphatic carbocycles. The van der Waals surface area contributed by atoms with Gasteiger partial charge in [0, 0.05) is 31.9 Å². The van der Waals surface area contributed by atoms with Crippen LogP contribution in [0.3, 0.4) is 0 Å². The zero-order chi connectivity index (χ0) is 21.2. The number of benzene rings is 2. The Labute approximate surface area is 171 Å². The average molecular weight is 420 g/mol. The molecule has 1 aliphatic rings. The molecule has 1 heterocycles. The molecule has 0 atom stereocenters. The topological polar surface area (TPSA) is 60.9 Å². The molecule has 0 N–H and O–H groups in total. The number of carbonyl (C=O) groups excluding carboxylic acids is 1. The lowest BCUT2D eigenvalue weighted by Gasteiger charge is -2.37. The molecule has 0 spiro atoms. The molecule has 0 aromatic heterocycles. The van der Waals surface area contributed by atoms with Gasteiger partial charge >= 0.3 is 0 Å². The van der Waals surface area contributed by atoms with Crippen LogP contribution in [-0.4, -0.2) is 58.2 Å². The fraction of sp³-hybridized carbons (Fsp3) is 0.381. The van der Waals surface area contributed by atoms with Crippen LogP contribution >= 0.6 is 0 Å². The van der Waals surface area contributed by atoms with Gasteiger partial charge < -0.3 is 9.80 Å². The zero-order valence-electron chi connectivity index (χ0n) is 16.9. The van der Waals surface area contributed by atoms with Crippen LogP contribution in [0.4, 0.5) is 15.8 Å². The Balaban J connectivity index is 1.69. The summed E-state index contributed by atoms with van der Waals surface area (Å²) in [5.74, 6) is -0.842.